The maximum atomic E-state index is 12.0. The zero-order valence-corrected chi connectivity index (χ0v) is 13.7. The van der Waals surface area contributed by atoms with Crippen molar-refractivity contribution >= 4 is 27.7 Å². The molecule has 0 unspecified atom stereocenters. The minimum atomic E-state index is -0.454. The van der Waals surface area contributed by atoms with E-state index in [-0.39, 0.29) is 11.8 Å². The Morgan fingerprint density at radius 1 is 1.15 bits per heavy atom. The van der Waals surface area contributed by atoms with E-state index in [1.807, 2.05) is 38.1 Å². The zero-order valence-electron chi connectivity index (χ0n) is 12.1. The van der Waals surface area contributed by atoms with Gasteiger partial charge in [-0.05, 0) is 31.9 Å². The minimum Gasteiger partial charge on any atom is -0.359 e. The summed E-state index contributed by atoms with van der Waals surface area (Å²) in [4.78, 5) is 23.1. The van der Waals surface area contributed by atoms with Crippen LogP contribution in [-0.4, -0.2) is 18.9 Å². The first kappa shape index (κ1) is 16.7. The molecule has 20 heavy (non-hydrogen) atoms. The zero-order chi connectivity index (χ0) is 15.2. The molecule has 0 aromatic heterocycles. The number of benzene rings is 1. The van der Waals surface area contributed by atoms with Crippen molar-refractivity contribution in [2.75, 3.05) is 7.05 Å². The van der Waals surface area contributed by atoms with Gasteiger partial charge in [0, 0.05) is 24.4 Å². The Bertz CT molecular complexity index is 487. The van der Waals surface area contributed by atoms with Gasteiger partial charge in [-0.15, -0.1) is 0 Å². The average molecular weight is 341 g/mol. The first-order valence-electron chi connectivity index (χ1n) is 6.63. The van der Waals surface area contributed by atoms with Gasteiger partial charge in [0.25, 0.3) is 0 Å². The van der Waals surface area contributed by atoms with Gasteiger partial charge in [0.15, 0.2) is 0 Å². The first-order valence-corrected chi connectivity index (χ1v) is 7.42. The van der Waals surface area contributed by atoms with Gasteiger partial charge in [-0.2, -0.15) is 0 Å². The highest BCUT2D eigenvalue weighted by molar-refractivity contribution is 9.10. The van der Waals surface area contributed by atoms with Crippen LogP contribution in [0.15, 0.2) is 28.7 Å². The van der Waals surface area contributed by atoms with E-state index in [1.54, 1.807) is 7.05 Å². The molecule has 0 fully saturated rings. The van der Waals surface area contributed by atoms with Crippen LogP contribution in [0.5, 0.6) is 0 Å². The lowest BCUT2D eigenvalue weighted by atomic mass is 9.94. The molecule has 0 saturated carbocycles. The van der Waals surface area contributed by atoms with E-state index in [0.29, 0.717) is 19.3 Å². The summed E-state index contributed by atoms with van der Waals surface area (Å²) >= 11 is 3.50. The largest absolute Gasteiger partial charge is 0.359 e. The summed E-state index contributed by atoms with van der Waals surface area (Å²) in [6.07, 6.45) is 1.28. The van der Waals surface area contributed by atoms with Crippen molar-refractivity contribution in [3.05, 3.63) is 34.3 Å². The molecular formula is C15H21BrN2O2. The topological polar surface area (TPSA) is 58.2 Å². The summed E-state index contributed by atoms with van der Waals surface area (Å²) in [7, 11) is 1.60. The van der Waals surface area contributed by atoms with Crippen LogP contribution in [-0.2, 0) is 15.1 Å². The van der Waals surface area contributed by atoms with Gasteiger partial charge in [-0.25, -0.2) is 0 Å². The number of rotatable bonds is 6. The van der Waals surface area contributed by atoms with Crippen LogP contribution < -0.4 is 10.6 Å². The molecule has 0 aliphatic carbocycles. The summed E-state index contributed by atoms with van der Waals surface area (Å²) in [5.74, 6) is -0.0856. The van der Waals surface area contributed by atoms with Gasteiger partial charge in [-0.3, -0.25) is 9.59 Å². The van der Waals surface area contributed by atoms with Crippen LogP contribution in [0, 0.1) is 0 Å². The van der Waals surface area contributed by atoms with E-state index < -0.39 is 5.54 Å². The fraction of sp³-hybridized carbons (Fsp3) is 0.467. The molecule has 4 nitrogen and oxygen atoms in total. The highest BCUT2D eigenvalue weighted by Crippen LogP contribution is 2.27. The number of carbonyl (C=O) groups excluding carboxylic acids is 2. The summed E-state index contributed by atoms with van der Waals surface area (Å²) in [5, 5.41) is 5.55. The molecule has 110 valence electrons. The van der Waals surface area contributed by atoms with Gasteiger partial charge in [-0.1, -0.05) is 34.1 Å². The summed E-state index contributed by atoms with van der Waals surface area (Å²) in [5.41, 5.74) is 0.573. The molecule has 1 aromatic rings. The summed E-state index contributed by atoms with van der Waals surface area (Å²) < 4.78 is 0.968. The molecule has 0 saturated heterocycles. The predicted octanol–water partition coefficient (Wildman–Crippen LogP) is 2.72. The molecule has 0 aliphatic rings. The number of hydrogen-bond acceptors (Lipinski definition) is 2. The molecule has 1 rings (SSSR count). The number of amides is 2. The van der Waals surface area contributed by atoms with E-state index >= 15 is 0 Å². The maximum Gasteiger partial charge on any atom is 0.220 e. The van der Waals surface area contributed by atoms with Gasteiger partial charge in [0.1, 0.15) is 0 Å². The van der Waals surface area contributed by atoms with Crippen molar-refractivity contribution in [1.29, 1.82) is 0 Å². The van der Waals surface area contributed by atoms with Crippen molar-refractivity contribution in [3.8, 4) is 0 Å². The predicted molar refractivity (Wildman–Crippen MR) is 83.2 cm³/mol. The number of hydrogen-bond donors (Lipinski definition) is 2. The highest BCUT2D eigenvalue weighted by atomic mass is 79.9. The Hall–Kier alpha value is -1.36. The van der Waals surface area contributed by atoms with Crippen LogP contribution >= 0.6 is 15.9 Å². The van der Waals surface area contributed by atoms with E-state index in [0.717, 1.165) is 10.0 Å². The van der Waals surface area contributed by atoms with Gasteiger partial charge >= 0.3 is 0 Å². The second-order valence-electron chi connectivity index (χ2n) is 5.18. The molecule has 0 radical (unpaired) electrons. The third-order valence-corrected chi connectivity index (χ3v) is 3.78. The average Bonchev–Trinajstić information content (AvgIpc) is 2.38. The van der Waals surface area contributed by atoms with Crippen molar-refractivity contribution in [3.63, 3.8) is 0 Å². The minimum absolute atomic E-state index is 0.0390. The highest BCUT2D eigenvalue weighted by Gasteiger charge is 2.24. The van der Waals surface area contributed by atoms with Crippen molar-refractivity contribution < 1.29 is 9.59 Å². The summed E-state index contributed by atoms with van der Waals surface area (Å²) in [6, 6.07) is 7.82. The van der Waals surface area contributed by atoms with E-state index in [1.165, 1.54) is 0 Å². The van der Waals surface area contributed by atoms with E-state index in [4.69, 9.17) is 0 Å². The molecule has 0 bridgehead atoms. The monoisotopic (exact) mass is 340 g/mol. The van der Waals surface area contributed by atoms with Crippen LogP contribution in [0.3, 0.4) is 0 Å². The second-order valence-corrected chi connectivity index (χ2v) is 6.03. The second kappa shape index (κ2) is 7.43. The molecule has 5 heteroatoms. The van der Waals surface area contributed by atoms with Gasteiger partial charge in [0.05, 0.1) is 5.54 Å². The third kappa shape index (κ3) is 4.96. The number of carbonyl (C=O) groups is 2. The van der Waals surface area contributed by atoms with Gasteiger partial charge in [0.2, 0.25) is 11.8 Å². The molecule has 0 heterocycles. The van der Waals surface area contributed by atoms with E-state index in [2.05, 4.69) is 26.6 Å². The van der Waals surface area contributed by atoms with Crippen molar-refractivity contribution in [1.82, 2.24) is 10.6 Å². The maximum absolute atomic E-state index is 12.0. The van der Waals surface area contributed by atoms with Crippen LogP contribution in [0.4, 0.5) is 0 Å². The Morgan fingerprint density at radius 3 is 2.35 bits per heavy atom. The number of nitrogens with one attached hydrogen (secondary N) is 2. The smallest absolute Gasteiger partial charge is 0.220 e. The molecule has 0 spiro atoms. The normalized spacial score (nSPS) is 11.0. The molecule has 2 amide bonds. The molecule has 1 aromatic carbocycles. The molecule has 2 N–H and O–H groups in total. The lowest BCUT2D eigenvalue weighted by molar-refractivity contribution is -0.123. The van der Waals surface area contributed by atoms with Crippen LogP contribution in [0.25, 0.3) is 0 Å². The lowest BCUT2D eigenvalue weighted by Crippen LogP contribution is -2.41. The Labute approximate surface area is 128 Å². The van der Waals surface area contributed by atoms with Crippen LogP contribution in [0.1, 0.15) is 38.7 Å². The Balaban J connectivity index is 2.56. The molecule has 0 atom stereocenters. The molecule has 0 aliphatic heterocycles. The van der Waals surface area contributed by atoms with Crippen molar-refractivity contribution in [2.45, 2.75) is 38.6 Å². The summed E-state index contributed by atoms with van der Waals surface area (Å²) in [6.45, 7) is 3.92. The lowest BCUT2D eigenvalue weighted by Gasteiger charge is -2.28. The molecular weight excluding hydrogens is 320 g/mol. The standard InChI is InChI=1S/C15H21BrN2O2/c1-15(2,11-7-4-5-8-12(11)16)18-14(20)10-6-9-13(19)17-3/h4-5,7-8H,6,9-10H2,1-3H3,(H,17,19)(H,18,20). The first-order chi connectivity index (χ1) is 9.36. The quantitative estimate of drug-likeness (QED) is 0.836. The Kier molecular flexibility index (Phi) is 6.20. The van der Waals surface area contributed by atoms with E-state index in [9.17, 15) is 9.59 Å². The third-order valence-electron chi connectivity index (χ3n) is 3.09. The fourth-order valence-electron chi connectivity index (χ4n) is 1.98. The Morgan fingerprint density at radius 2 is 1.75 bits per heavy atom. The SMILES string of the molecule is CNC(=O)CCCC(=O)NC(C)(C)c1ccccc1Br. The van der Waals surface area contributed by atoms with Crippen molar-refractivity contribution in [2.24, 2.45) is 0 Å². The van der Waals surface area contributed by atoms with Gasteiger partial charge < -0.3 is 10.6 Å². The fourth-order valence-corrected chi connectivity index (χ4v) is 2.76. The van der Waals surface area contributed by atoms with Crippen LogP contribution in [0.2, 0.25) is 0 Å². The number of halogens is 1.